The van der Waals surface area contributed by atoms with Gasteiger partial charge in [-0.1, -0.05) is 33.3 Å². The zero-order valence-corrected chi connectivity index (χ0v) is 9.56. The number of nitrogens with two attached hydrogens (primary N) is 1. The molecule has 1 rings (SSSR count). The van der Waals surface area contributed by atoms with Gasteiger partial charge in [-0.15, -0.1) is 0 Å². The van der Waals surface area contributed by atoms with Crippen LogP contribution in [0.1, 0.15) is 43.9 Å². The predicted molar refractivity (Wildman–Crippen MR) is 63.6 cm³/mol. The lowest BCUT2D eigenvalue weighted by atomic mass is 9.93. The second-order valence-corrected chi connectivity index (χ2v) is 3.73. The minimum Gasteiger partial charge on any atom is -0.398 e. The number of nitrogen functional groups attached to an aromatic ring is 1. The summed E-state index contributed by atoms with van der Waals surface area (Å²) in [6.07, 6.45) is 4.53. The van der Waals surface area contributed by atoms with Crippen molar-refractivity contribution in [3.05, 3.63) is 28.8 Å². The molecule has 2 N–H and O–H groups in total. The largest absolute Gasteiger partial charge is 0.398 e. The molecule has 0 spiro atoms. The van der Waals surface area contributed by atoms with Crippen molar-refractivity contribution in [3.63, 3.8) is 0 Å². The summed E-state index contributed by atoms with van der Waals surface area (Å²) < 4.78 is 0. The third-order valence-corrected chi connectivity index (χ3v) is 2.80. The van der Waals surface area contributed by atoms with Crippen LogP contribution in [-0.2, 0) is 19.3 Å². The van der Waals surface area contributed by atoms with Gasteiger partial charge in [0.05, 0.1) is 0 Å². The fraction of sp³-hybridized carbons (Fsp3) is 0.538. The summed E-state index contributed by atoms with van der Waals surface area (Å²) in [7, 11) is 0. The van der Waals surface area contributed by atoms with Crippen LogP contribution in [0.25, 0.3) is 0 Å². The Labute approximate surface area is 87.3 Å². The molecule has 1 nitrogen and oxygen atoms in total. The van der Waals surface area contributed by atoms with Crippen molar-refractivity contribution in [1.82, 2.24) is 0 Å². The topological polar surface area (TPSA) is 26.0 Å². The van der Waals surface area contributed by atoms with Gasteiger partial charge in [0.15, 0.2) is 0 Å². The van der Waals surface area contributed by atoms with Crippen LogP contribution in [0.2, 0.25) is 0 Å². The second-order valence-electron chi connectivity index (χ2n) is 3.73. The predicted octanol–water partition coefficient (Wildman–Crippen LogP) is 3.35. The number of rotatable bonds is 4. The summed E-state index contributed by atoms with van der Waals surface area (Å²) in [6.45, 7) is 6.62. The lowest BCUT2D eigenvalue weighted by Crippen LogP contribution is -2.03. The van der Waals surface area contributed by atoms with E-state index in [0.717, 1.165) is 24.9 Å². The van der Waals surface area contributed by atoms with E-state index in [-0.39, 0.29) is 0 Å². The van der Waals surface area contributed by atoms with Crippen LogP contribution in [0.4, 0.5) is 5.69 Å². The summed E-state index contributed by atoms with van der Waals surface area (Å²) >= 11 is 0. The lowest BCUT2D eigenvalue weighted by Gasteiger charge is -2.14. The molecular weight excluding hydrogens is 170 g/mol. The zero-order valence-electron chi connectivity index (χ0n) is 9.56. The van der Waals surface area contributed by atoms with E-state index in [1.54, 1.807) is 0 Å². The standard InChI is InChI=1S/C13H21N/c1-4-7-12-10(5-2)8-9-13(14)11(12)6-3/h8-9H,4-7,14H2,1-3H3. The molecule has 0 aliphatic rings. The Kier molecular flexibility index (Phi) is 3.99. The molecule has 0 saturated heterocycles. The van der Waals surface area contributed by atoms with E-state index in [0.29, 0.717) is 0 Å². The molecule has 0 radical (unpaired) electrons. The first-order valence-corrected chi connectivity index (χ1v) is 5.63. The fourth-order valence-electron chi connectivity index (χ4n) is 2.07. The summed E-state index contributed by atoms with van der Waals surface area (Å²) in [4.78, 5) is 0. The molecule has 0 bridgehead atoms. The average molecular weight is 191 g/mol. The first kappa shape index (κ1) is 11.1. The molecule has 0 aliphatic heterocycles. The van der Waals surface area contributed by atoms with Gasteiger partial charge in [-0.05, 0) is 42.0 Å². The van der Waals surface area contributed by atoms with Crippen molar-refractivity contribution < 1.29 is 0 Å². The molecule has 0 aromatic heterocycles. The number of anilines is 1. The Balaban J connectivity index is 3.21. The summed E-state index contributed by atoms with van der Waals surface area (Å²) in [5, 5.41) is 0. The van der Waals surface area contributed by atoms with Gasteiger partial charge in [-0.3, -0.25) is 0 Å². The normalized spacial score (nSPS) is 10.5. The van der Waals surface area contributed by atoms with E-state index >= 15 is 0 Å². The van der Waals surface area contributed by atoms with Crippen LogP contribution >= 0.6 is 0 Å². The van der Waals surface area contributed by atoms with Crippen molar-refractivity contribution in [2.45, 2.75) is 46.5 Å². The quantitative estimate of drug-likeness (QED) is 0.726. The van der Waals surface area contributed by atoms with Crippen LogP contribution < -0.4 is 5.73 Å². The third-order valence-electron chi connectivity index (χ3n) is 2.80. The van der Waals surface area contributed by atoms with Gasteiger partial charge in [-0.2, -0.15) is 0 Å². The molecular formula is C13H21N. The number of benzene rings is 1. The molecule has 0 fully saturated rings. The second kappa shape index (κ2) is 5.04. The molecule has 0 amide bonds. The van der Waals surface area contributed by atoms with Gasteiger partial charge in [0.25, 0.3) is 0 Å². The van der Waals surface area contributed by atoms with Crippen LogP contribution in [-0.4, -0.2) is 0 Å². The van der Waals surface area contributed by atoms with Gasteiger partial charge in [0.2, 0.25) is 0 Å². The highest BCUT2D eigenvalue weighted by Crippen LogP contribution is 2.23. The third kappa shape index (κ3) is 2.09. The SMILES string of the molecule is CCCc1c(CC)ccc(N)c1CC. The van der Waals surface area contributed by atoms with E-state index in [2.05, 4.69) is 32.9 Å². The Morgan fingerprint density at radius 1 is 1.00 bits per heavy atom. The minimum atomic E-state index is 0.966. The van der Waals surface area contributed by atoms with Gasteiger partial charge < -0.3 is 5.73 Å². The molecule has 1 aromatic rings. The Hall–Kier alpha value is -0.980. The molecule has 0 saturated carbocycles. The summed E-state index contributed by atoms with van der Waals surface area (Å²) in [6, 6.07) is 4.23. The maximum atomic E-state index is 5.99. The fourth-order valence-corrected chi connectivity index (χ4v) is 2.07. The van der Waals surface area contributed by atoms with E-state index in [1.807, 2.05) is 0 Å². The molecule has 14 heavy (non-hydrogen) atoms. The molecule has 78 valence electrons. The minimum absolute atomic E-state index is 0.966. The molecule has 0 heterocycles. The van der Waals surface area contributed by atoms with Crippen molar-refractivity contribution in [2.24, 2.45) is 0 Å². The van der Waals surface area contributed by atoms with Crippen molar-refractivity contribution >= 4 is 5.69 Å². The monoisotopic (exact) mass is 191 g/mol. The van der Waals surface area contributed by atoms with Crippen molar-refractivity contribution in [3.8, 4) is 0 Å². The van der Waals surface area contributed by atoms with Crippen molar-refractivity contribution in [1.29, 1.82) is 0 Å². The van der Waals surface area contributed by atoms with Crippen LogP contribution in [0.5, 0.6) is 0 Å². The van der Waals surface area contributed by atoms with Gasteiger partial charge in [0, 0.05) is 5.69 Å². The maximum absolute atomic E-state index is 5.99. The molecule has 0 atom stereocenters. The number of hydrogen-bond acceptors (Lipinski definition) is 1. The maximum Gasteiger partial charge on any atom is 0.0349 e. The van der Waals surface area contributed by atoms with Crippen LogP contribution in [0.15, 0.2) is 12.1 Å². The van der Waals surface area contributed by atoms with Gasteiger partial charge in [0.1, 0.15) is 0 Å². The number of aryl methyl sites for hydroxylation is 1. The summed E-state index contributed by atoms with van der Waals surface area (Å²) in [5.74, 6) is 0. The molecule has 0 aliphatic carbocycles. The Morgan fingerprint density at radius 3 is 2.21 bits per heavy atom. The highest BCUT2D eigenvalue weighted by Gasteiger charge is 2.08. The molecule has 0 unspecified atom stereocenters. The molecule has 1 heteroatoms. The van der Waals surface area contributed by atoms with E-state index in [9.17, 15) is 0 Å². The van der Waals surface area contributed by atoms with Gasteiger partial charge in [-0.25, -0.2) is 0 Å². The van der Waals surface area contributed by atoms with Gasteiger partial charge >= 0.3 is 0 Å². The Morgan fingerprint density at radius 2 is 1.71 bits per heavy atom. The zero-order chi connectivity index (χ0) is 10.6. The highest BCUT2D eigenvalue weighted by molar-refractivity contribution is 5.54. The van der Waals surface area contributed by atoms with Crippen LogP contribution in [0.3, 0.4) is 0 Å². The first-order chi connectivity index (χ1) is 6.74. The van der Waals surface area contributed by atoms with E-state index < -0.39 is 0 Å². The molecule has 1 aromatic carbocycles. The van der Waals surface area contributed by atoms with Crippen LogP contribution in [0, 0.1) is 0 Å². The number of hydrogen-bond donors (Lipinski definition) is 1. The van der Waals surface area contributed by atoms with Crippen molar-refractivity contribution in [2.75, 3.05) is 5.73 Å². The lowest BCUT2D eigenvalue weighted by molar-refractivity contribution is 0.878. The highest BCUT2D eigenvalue weighted by atomic mass is 14.6. The smallest absolute Gasteiger partial charge is 0.0349 e. The summed E-state index contributed by atoms with van der Waals surface area (Å²) in [5.41, 5.74) is 11.3. The van der Waals surface area contributed by atoms with E-state index in [4.69, 9.17) is 5.73 Å². The van der Waals surface area contributed by atoms with E-state index in [1.165, 1.54) is 23.1 Å². The average Bonchev–Trinajstić information content (AvgIpc) is 2.19. The first-order valence-electron chi connectivity index (χ1n) is 5.63. The Bertz CT molecular complexity index is 302.